The Morgan fingerprint density at radius 3 is 0.850 bits per heavy atom. The third-order valence-electron chi connectivity index (χ3n) is 1.67. The quantitative estimate of drug-likeness (QED) is 0.719. The monoisotopic (exact) mass is 316 g/mol. The van der Waals surface area contributed by atoms with Crippen molar-refractivity contribution in [3.63, 3.8) is 0 Å². The molecule has 0 aromatic rings. The van der Waals surface area contributed by atoms with Crippen LogP contribution in [0.4, 0.5) is 13.2 Å². The van der Waals surface area contributed by atoms with Gasteiger partial charge in [-0.1, -0.05) is 0 Å². The summed E-state index contributed by atoms with van der Waals surface area (Å²) in [5, 5.41) is 0. The molecule has 0 N–H and O–H groups in total. The number of rotatable bonds is 3. The summed E-state index contributed by atoms with van der Waals surface area (Å²) in [4.78, 5) is 0. The standard InChI is InChI=1S/C13H27F3O3Si/c1-10(2,3)17-20(13(14,15)16,18-11(4,5)6)19-12(7,8)9/h1-9H3. The molecule has 0 saturated heterocycles. The maximum absolute atomic E-state index is 13.7. The van der Waals surface area contributed by atoms with Crippen molar-refractivity contribution < 1.29 is 26.4 Å². The molecule has 0 heterocycles. The van der Waals surface area contributed by atoms with Gasteiger partial charge in [-0.15, -0.1) is 0 Å². The maximum Gasteiger partial charge on any atom is 0.617 e. The summed E-state index contributed by atoms with van der Waals surface area (Å²) in [5.74, 6) is -4.69. The van der Waals surface area contributed by atoms with Gasteiger partial charge in [0.2, 0.25) is 0 Å². The van der Waals surface area contributed by atoms with Crippen molar-refractivity contribution in [2.24, 2.45) is 0 Å². The van der Waals surface area contributed by atoms with Crippen molar-refractivity contribution in [1.29, 1.82) is 0 Å². The normalized spacial score (nSPS) is 15.6. The van der Waals surface area contributed by atoms with Crippen LogP contribution < -0.4 is 0 Å². The van der Waals surface area contributed by atoms with Crippen LogP contribution in [0, 0.1) is 0 Å². The second-order valence-electron chi connectivity index (χ2n) is 7.70. The van der Waals surface area contributed by atoms with Crippen molar-refractivity contribution in [2.75, 3.05) is 0 Å². The first kappa shape index (κ1) is 19.9. The minimum Gasteiger partial charge on any atom is -0.363 e. The van der Waals surface area contributed by atoms with E-state index in [0.29, 0.717) is 0 Å². The summed E-state index contributed by atoms with van der Waals surface area (Å²) in [5.41, 5.74) is -3.09. The highest BCUT2D eigenvalue weighted by atomic mass is 28.4. The van der Waals surface area contributed by atoms with Crippen LogP contribution >= 0.6 is 0 Å². The molecule has 0 bridgehead atoms. The van der Waals surface area contributed by atoms with Gasteiger partial charge in [0.05, 0.1) is 16.8 Å². The minimum atomic E-state index is -4.90. The van der Waals surface area contributed by atoms with Gasteiger partial charge in [-0.05, 0) is 62.3 Å². The lowest BCUT2D eigenvalue weighted by Crippen LogP contribution is -2.66. The molecule has 0 rings (SSSR count). The first-order valence-corrected chi connectivity index (χ1v) is 8.27. The lowest BCUT2D eigenvalue weighted by molar-refractivity contribution is -0.180. The van der Waals surface area contributed by atoms with E-state index in [9.17, 15) is 13.2 Å². The molecule has 0 spiro atoms. The number of hydrogen-bond acceptors (Lipinski definition) is 3. The zero-order valence-corrected chi connectivity index (χ0v) is 14.9. The zero-order chi connectivity index (χ0) is 16.6. The van der Waals surface area contributed by atoms with E-state index in [-0.39, 0.29) is 0 Å². The van der Waals surface area contributed by atoms with E-state index in [0.717, 1.165) is 0 Å². The Bertz CT molecular complexity index is 281. The van der Waals surface area contributed by atoms with Gasteiger partial charge in [0.1, 0.15) is 0 Å². The summed E-state index contributed by atoms with van der Waals surface area (Å²) < 4.78 is 56.9. The van der Waals surface area contributed by atoms with Gasteiger partial charge < -0.3 is 13.3 Å². The molecular formula is C13H27F3O3Si. The Balaban J connectivity index is 5.78. The average molecular weight is 316 g/mol. The van der Waals surface area contributed by atoms with E-state index in [1.165, 1.54) is 0 Å². The largest absolute Gasteiger partial charge is 0.617 e. The molecule has 0 fully saturated rings. The molecule has 0 amide bonds. The van der Waals surface area contributed by atoms with E-state index in [1.807, 2.05) is 0 Å². The van der Waals surface area contributed by atoms with Crippen molar-refractivity contribution in [3.05, 3.63) is 0 Å². The van der Waals surface area contributed by atoms with Crippen LogP contribution in [0.2, 0.25) is 0 Å². The van der Waals surface area contributed by atoms with E-state index >= 15 is 0 Å². The molecule has 0 atom stereocenters. The van der Waals surface area contributed by atoms with Crippen LogP contribution in [0.5, 0.6) is 0 Å². The summed E-state index contributed by atoms with van der Waals surface area (Å²) in [7, 11) is -4.90. The molecule has 0 aliphatic rings. The third-order valence-corrected chi connectivity index (χ3v) is 5.01. The molecule has 0 aromatic heterocycles. The van der Waals surface area contributed by atoms with Crippen LogP contribution in [0.25, 0.3) is 0 Å². The highest BCUT2D eigenvalue weighted by Crippen LogP contribution is 2.39. The van der Waals surface area contributed by atoms with Crippen molar-refractivity contribution >= 4 is 8.80 Å². The van der Waals surface area contributed by atoms with Crippen molar-refractivity contribution in [3.8, 4) is 0 Å². The Morgan fingerprint density at radius 2 is 0.750 bits per heavy atom. The fraction of sp³-hybridized carbons (Fsp3) is 1.00. The maximum atomic E-state index is 13.7. The summed E-state index contributed by atoms with van der Waals surface area (Å²) >= 11 is 0. The van der Waals surface area contributed by atoms with Gasteiger partial charge in [-0.2, -0.15) is 13.2 Å². The molecule has 0 aromatic carbocycles. The molecule has 20 heavy (non-hydrogen) atoms. The zero-order valence-electron chi connectivity index (χ0n) is 13.9. The third kappa shape index (κ3) is 7.06. The first-order valence-electron chi connectivity index (χ1n) is 6.54. The lowest BCUT2D eigenvalue weighted by Gasteiger charge is -2.43. The molecule has 0 aliphatic heterocycles. The molecule has 0 unspecified atom stereocenters. The van der Waals surface area contributed by atoms with E-state index in [1.54, 1.807) is 62.3 Å². The van der Waals surface area contributed by atoms with Gasteiger partial charge in [-0.3, -0.25) is 0 Å². The molecule has 0 radical (unpaired) electrons. The van der Waals surface area contributed by atoms with Gasteiger partial charge in [0, 0.05) is 0 Å². The van der Waals surface area contributed by atoms with Crippen LogP contribution in [0.15, 0.2) is 0 Å². The van der Waals surface area contributed by atoms with Gasteiger partial charge >= 0.3 is 14.6 Å². The van der Waals surface area contributed by atoms with Gasteiger partial charge in [-0.25, -0.2) is 0 Å². The Morgan fingerprint density at radius 1 is 0.550 bits per heavy atom. The van der Waals surface area contributed by atoms with Crippen LogP contribution in [0.1, 0.15) is 62.3 Å². The second-order valence-corrected chi connectivity index (χ2v) is 9.99. The molecule has 3 nitrogen and oxygen atoms in total. The molecule has 122 valence electrons. The smallest absolute Gasteiger partial charge is 0.363 e. The molecular weight excluding hydrogens is 289 g/mol. The predicted octanol–water partition coefficient (Wildman–Crippen LogP) is 4.47. The molecule has 0 saturated carbocycles. The predicted molar refractivity (Wildman–Crippen MR) is 74.3 cm³/mol. The highest BCUT2D eigenvalue weighted by molar-refractivity contribution is 6.63. The number of hydrogen-bond donors (Lipinski definition) is 0. The SMILES string of the molecule is CC(C)(C)O[Si](OC(C)(C)C)(OC(C)(C)C)C(F)(F)F. The van der Waals surface area contributed by atoms with E-state index in [4.69, 9.17) is 13.3 Å². The summed E-state index contributed by atoms with van der Waals surface area (Å²) in [6.45, 7) is 14.0. The number of alkyl halides is 3. The fourth-order valence-electron chi connectivity index (χ4n) is 1.45. The second kappa shape index (κ2) is 5.59. The molecule has 7 heteroatoms. The summed E-state index contributed by atoms with van der Waals surface area (Å²) in [6.07, 6.45) is 0. The van der Waals surface area contributed by atoms with E-state index < -0.39 is 31.4 Å². The Labute approximate surface area is 121 Å². The van der Waals surface area contributed by atoms with E-state index in [2.05, 4.69) is 0 Å². The van der Waals surface area contributed by atoms with Gasteiger partial charge in [0.25, 0.3) is 0 Å². The van der Waals surface area contributed by atoms with Crippen LogP contribution in [-0.4, -0.2) is 31.4 Å². The topological polar surface area (TPSA) is 27.7 Å². The van der Waals surface area contributed by atoms with Crippen molar-refractivity contribution in [1.82, 2.24) is 0 Å². The van der Waals surface area contributed by atoms with Gasteiger partial charge in [0.15, 0.2) is 0 Å². The Kier molecular flexibility index (Phi) is 5.56. The average Bonchev–Trinajstić information content (AvgIpc) is 1.88. The van der Waals surface area contributed by atoms with Crippen LogP contribution in [0.3, 0.4) is 0 Å². The van der Waals surface area contributed by atoms with Crippen LogP contribution in [-0.2, 0) is 13.3 Å². The first-order chi connectivity index (χ1) is 8.37. The Hall–Kier alpha value is -0.113. The minimum absolute atomic E-state index is 1.03. The number of halogens is 3. The lowest BCUT2D eigenvalue weighted by atomic mass is 10.2. The highest BCUT2D eigenvalue weighted by Gasteiger charge is 2.70. The van der Waals surface area contributed by atoms with Crippen molar-refractivity contribution in [2.45, 2.75) is 84.9 Å². The molecule has 0 aliphatic carbocycles. The fourth-order valence-corrected chi connectivity index (χ4v) is 4.34. The summed E-state index contributed by atoms with van der Waals surface area (Å²) in [6, 6.07) is 0.